The molecule has 0 atom stereocenters. The average Bonchev–Trinajstić information content (AvgIpc) is 2.32. The van der Waals surface area contributed by atoms with Crippen LogP contribution in [0.25, 0.3) is 0 Å². The molecule has 0 aliphatic rings. The predicted molar refractivity (Wildman–Crippen MR) is 86.1 cm³/mol. The molecule has 98 valence electrons. The number of carbonyl (C=O) groups excluding carboxylic acids is 1. The van der Waals surface area contributed by atoms with Crippen LogP contribution in [0.2, 0.25) is 5.02 Å². The van der Waals surface area contributed by atoms with E-state index >= 15 is 0 Å². The van der Waals surface area contributed by atoms with Crippen molar-refractivity contribution in [2.75, 3.05) is 0 Å². The SMILES string of the molecule is Cc1cc(Br)ccc1C(=O)Cc1ccc(Br)cc1Cl. The highest BCUT2D eigenvalue weighted by Gasteiger charge is 2.12. The molecule has 19 heavy (non-hydrogen) atoms. The van der Waals surface area contributed by atoms with E-state index in [9.17, 15) is 4.79 Å². The summed E-state index contributed by atoms with van der Waals surface area (Å²) in [5.41, 5.74) is 2.55. The van der Waals surface area contributed by atoms with Crippen LogP contribution in [0.15, 0.2) is 45.3 Å². The van der Waals surface area contributed by atoms with E-state index in [1.54, 1.807) is 6.07 Å². The highest BCUT2D eigenvalue weighted by Crippen LogP contribution is 2.24. The maximum Gasteiger partial charge on any atom is 0.167 e. The molecule has 0 aliphatic heterocycles. The first-order chi connectivity index (χ1) is 8.97. The van der Waals surface area contributed by atoms with E-state index < -0.39 is 0 Å². The highest BCUT2D eigenvalue weighted by molar-refractivity contribution is 9.10. The van der Waals surface area contributed by atoms with Gasteiger partial charge in [0.15, 0.2) is 5.78 Å². The standard InChI is InChI=1S/C15H11Br2ClO/c1-9-6-11(16)4-5-13(9)15(19)7-10-2-3-12(17)8-14(10)18/h2-6,8H,7H2,1H3. The summed E-state index contributed by atoms with van der Waals surface area (Å²) in [5.74, 6) is 0.0780. The molecule has 2 aromatic carbocycles. The Balaban J connectivity index is 2.25. The number of hydrogen-bond donors (Lipinski definition) is 0. The van der Waals surface area contributed by atoms with E-state index in [0.717, 1.165) is 25.6 Å². The first-order valence-electron chi connectivity index (χ1n) is 5.70. The molecule has 0 aliphatic carbocycles. The fraction of sp³-hybridized carbons (Fsp3) is 0.133. The van der Waals surface area contributed by atoms with E-state index in [1.165, 1.54) is 0 Å². The van der Waals surface area contributed by atoms with Crippen molar-refractivity contribution in [1.29, 1.82) is 0 Å². The minimum absolute atomic E-state index is 0.0780. The summed E-state index contributed by atoms with van der Waals surface area (Å²) < 4.78 is 1.89. The molecule has 0 amide bonds. The summed E-state index contributed by atoms with van der Waals surface area (Å²) in [4.78, 5) is 12.3. The van der Waals surface area contributed by atoms with Crippen LogP contribution < -0.4 is 0 Å². The van der Waals surface area contributed by atoms with Crippen molar-refractivity contribution < 1.29 is 4.79 Å². The lowest BCUT2D eigenvalue weighted by atomic mass is 9.99. The van der Waals surface area contributed by atoms with Gasteiger partial charge in [0.05, 0.1) is 0 Å². The van der Waals surface area contributed by atoms with Gasteiger partial charge in [0, 0.05) is 26.0 Å². The number of benzene rings is 2. The average molecular weight is 403 g/mol. The Kier molecular flexibility index (Phi) is 4.82. The minimum Gasteiger partial charge on any atom is -0.294 e. The van der Waals surface area contributed by atoms with Crippen LogP contribution in [0, 0.1) is 6.92 Å². The molecule has 0 saturated heterocycles. The Labute approximate surface area is 134 Å². The molecule has 0 radical (unpaired) electrons. The van der Waals surface area contributed by atoms with Crippen molar-refractivity contribution >= 4 is 49.2 Å². The molecule has 0 N–H and O–H groups in total. The van der Waals surface area contributed by atoms with Crippen molar-refractivity contribution in [3.8, 4) is 0 Å². The minimum atomic E-state index is 0.0780. The summed E-state index contributed by atoms with van der Waals surface area (Å²) in [6, 6.07) is 11.2. The first-order valence-corrected chi connectivity index (χ1v) is 7.67. The quantitative estimate of drug-likeness (QED) is 0.611. The molecule has 2 rings (SSSR count). The molecular formula is C15H11Br2ClO. The topological polar surface area (TPSA) is 17.1 Å². The third kappa shape index (κ3) is 3.68. The van der Waals surface area contributed by atoms with Gasteiger partial charge in [-0.3, -0.25) is 4.79 Å². The monoisotopic (exact) mass is 400 g/mol. The third-order valence-corrected chi connectivity index (χ3v) is 4.19. The number of rotatable bonds is 3. The molecule has 0 heterocycles. The Hall–Kier alpha value is -0.640. The fourth-order valence-electron chi connectivity index (χ4n) is 1.87. The number of ketones is 1. The van der Waals surface area contributed by atoms with Gasteiger partial charge in [-0.2, -0.15) is 0 Å². The van der Waals surface area contributed by atoms with Crippen molar-refractivity contribution in [3.05, 3.63) is 67.1 Å². The number of hydrogen-bond acceptors (Lipinski definition) is 1. The normalized spacial score (nSPS) is 10.5. The number of aryl methyl sites for hydroxylation is 1. The maximum atomic E-state index is 12.3. The van der Waals surface area contributed by atoms with Gasteiger partial charge in [0.25, 0.3) is 0 Å². The van der Waals surface area contributed by atoms with Crippen LogP contribution in [0.4, 0.5) is 0 Å². The van der Waals surface area contributed by atoms with Crippen LogP contribution >= 0.6 is 43.5 Å². The third-order valence-electron chi connectivity index (χ3n) is 2.85. The van der Waals surface area contributed by atoms with Crippen molar-refractivity contribution in [2.45, 2.75) is 13.3 Å². The van der Waals surface area contributed by atoms with E-state index in [4.69, 9.17) is 11.6 Å². The lowest BCUT2D eigenvalue weighted by Crippen LogP contribution is -2.06. The second-order valence-corrected chi connectivity index (χ2v) is 6.53. The van der Waals surface area contributed by atoms with Gasteiger partial charge in [0.2, 0.25) is 0 Å². The zero-order chi connectivity index (χ0) is 14.0. The molecule has 0 bridgehead atoms. The molecule has 0 aromatic heterocycles. The number of carbonyl (C=O) groups is 1. The van der Waals surface area contributed by atoms with Gasteiger partial charge in [-0.1, -0.05) is 55.6 Å². The van der Waals surface area contributed by atoms with E-state index in [0.29, 0.717) is 11.4 Å². The van der Waals surface area contributed by atoms with Gasteiger partial charge in [-0.15, -0.1) is 0 Å². The van der Waals surface area contributed by atoms with E-state index in [2.05, 4.69) is 31.9 Å². The van der Waals surface area contributed by atoms with Gasteiger partial charge in [0.1, 0.15) is 0 Å². The van der Waals surface area contributed by atoms with Gasteiger partial charge in [-0.05, 0) is 42.3 Å². The first kappa shape index (κ1) is 14.8. The van der Waals surface area contributed by atoms with Crippen LogP contribution in [-0.4, -0.2) is 5.78 Å². The Bertz CT molecular complexity index is 638. The molecule has 0 saturated carbocycles. The second-order valence-electron chi connectivity index (χ2n) is 4.29. The summed E-state index contributed by atoms with van der Waals surface area (Å²) in [6.45, 7) is 1.93. The van der Waals surface area contributed by atoms with E-state index in [-0.39, 0.29) is 5.78 Å². The number of halogens is 3. The van der Waals surface area contributed by atoms with Crippen molar-refractivity contribution in [2.24, 2.45) is 0 Å². The molecule has 4 heteroatoms. The summed E-state index contributed by atoms with van der Waals surface area (Å²) in [7, 11) is 0. The summed E-state index contributed by atoms with van der Waals surface area (Å²) in [5, 5.41) is 0.609. The Morgan fingerprint density at radius 3 is 2.37 bits per heavy atom. The van der Waals surface area contributed by atoms with Crippen molar-refractivity contribution in [3.63, 3.8) is 0 Å². The second kappa shape index (κ2) is 6.21. The largest absolute Gasteiger partial charge is 0.294 e. The molecule has 1 nitrogen and oxygen atoms in total. The van der Waals surface area contributed by atoms with Gasteiger partial charge >= 0.3 is 0 Å². The number of Topliss-reactive ketones (excluding diaryl/α,β-unsaturated/α-hetero) is 1. The van der Waals surface area contributed by atoms with Gasteiger partial charge in [-0.25, -0.2) is 0 Å². The molecule has 0 spiro atoms. The zero-order valence-electron chi connectivity index (χ0n) is 10.2. The van der Waals surface area contributed by atoms with E-state index in [1.807, 2.05) is 37.3 Å². The maximum absolute atomic E-state index is 12.3. The lowest BCUT2D eigenvalue weighted by molar-refractivity contribution is 0.0992. The molecule has 0 fully saturated rings. The molecule has 2 aromatic rings. The molecule has 0 unspecified atom stereocenters. The predicted octanol–water partition coefficient (Wildman–Crippen LogP) is 5.60. The van der Waals surface area contributed by atoms with Crippen LogP contribution in [-0.2, 0) is 6.42 Å². The summed E-state index contributed by atoms with van der Waals surface area (Å²) >= 11 is 12.9. The van der Waals surface area contributed by atoms with Crippen LogP contribution in [0.1, 0.15) is 21.5 Å². The lowest BCUT2D eigenvalue weighted by Gasteiger charge is -2.07. The van der Waals surface area contributed by atoms with Crippen LogP contribution in [0.3, 0.4) is 0 Å². The Morgan fingerprint density at radius 2 is 1.74 bits per heavy atom. The van der Waals surface area contributed by atoms with Crippen molar-refractivity contribution in [1.82, 2.24) is 0 Å². The van der Waals surface area contributed by atoms with Gasteiger partial charge < -0.3 is 0 Å². The highest BCUT2D eigenvalue weighted by atomic mass is 79.9. The Morgan fingerprint density at radius 1 is 1.11 bits per heavy atom. The summed E-state index contributed by atoms with van der Waals surface area (Å²) in [6.07, 6.45) is 0.314. The van der Waals surface area contributed by atoms with Crippen LogP contribution in [0.5, 0.6) is 0 Å². The molecular weight excluding hydrogens is 391 g/mol. The fourth-order valence-corrected chi connectivity index (χ4v) is 3.09. The smallest absolute Gasteiger partial charge is 0.167 e. The zero-order valence-corrected chi connectivity index (χ0v) is 14.1.